The van der Waals surface area contributed by atoms with Gasteiger partial charge in [0, 0.05) is 35.5 Å². The highest BCUT2D eigenvalue weighted by molar-refractivity contribution is 7.99. The third kappa shape index (κ3) is 4.01. The van der Waals surface area contributed by atoms with Crippen molar-refractivity contribution in [2.75, 3.05) is 18.1 Å². The first-order valence-electron chi connectivity index (χ1n) is 6.03. The van der Waals surface area contributed by atoms with Crippen molar-refractivity contribution in [2.45, 2.75) is 39.0 Å². The lowest BCUT2D eigenvalue weighted by atomic mass is 10.1. The SMILES string of the molecule is CC(C)(C)NCc1cnc(C2CSCCO2)[nH]1. The number of rotatable bonds is 3. The van der Waals surface area contributed by atoms with Crippen LogP contribution in [0.25, 0.3) is 0 Å². The molecule has 96 valence electrons. The molecule has 2 heterocycles. The highest BCUT2D eigenvalue weighted by Crippen LogP contribution is 2.24. The van der Waals surface area contributed by atoms with E-state index in [1.54, 1.807) is 0 Å². The van der Waals surface area contributed by atoms with Crippen molar-refractivity contribution < 1.29 is 4.74 Å². The van der Waals surface area contributed by atoms with Gasteiger partial charge in [-0.2, -0.15) is 11.8 Å². The normalized spacial score (nSPS) is 21.7. The Hall–Kier alpha value is -0.520. The minimum atomic E-state index is 0.127. The number of aromatic amines is 1. The summed E-state index contributed by atoms with van der Waals surface area (Å²) in [4.78, 5) is 7.75. The highest BCUT2D eigenvalue weighted by Gasteiger charge is 2.19. The molecule has 0 bridgehead atoms. The minimum absolute atomic E-state index is 0.127. The number of nitrogens with one attached hydrogen (secondary N) is 2. The molecule has 17 heavy (non-hydrogen) atoms. The molecule has 1 aliphatic heterocycles. The second-order valence-corrected chi connectivity index (χ2v) is 6.48. The van der Waals surface area contributed by atoms with E-state index in [0.29, 0.717) is 0 Å². The zero-order valence-electron chi connectivity index (χ0n) is 10.7. The maximum absolute atomic E-state index is 5.69. The number of hydrogen-bond acceptors (Lipinski definition) is 4. The van der Waals surface area contributed by atoms with E-state index in [-0.39, 0.29) is 11.6 Å². The summed E-state index contributed by atoms with van der Waals surface area (Å²) in [6.07, 6.45) is 2.04. The Kier molecular flexibility index (Phi) is 4.12. The van der Waals surface area contributed by atoms with Gasteiger partial charge in [0.05, 0.1) is 6.61 Å². The number of thioether (sulfide) groups is 1. The molecule has 4 nitrogen and oxygen atoms in total. The molecule has 1 aromatic heterocycles. The van der Waals surface area contributed by atoms with E-state index < -0.39 is 0 Å². The molecule has 0 amide bonds. The van der Waals surface area contributed by atoms with Crippen molar-refractivity contribution in [1.29, 1.82) is 0 Å². The van der Waals surface area contributed by atoms with E-state index in [4.69, 9.17) is 4.74 Å². The molecule has 0 saturated carbocycles. The van der Waals surface area contributed by atoms with Crippen LogP contribution in [0.1, 0.15) is 38.4 Å². The summed E-state index contributed by atoms with van der Waals surface area (Å²) in [6, 6.07) is 0. The second-order valence-electron chi connectivity index (χ2n) is 5.33. The highest BCUT2D eigenvalue weighted by atomic mass is 32.2. The van der Waals surface area contributed by atoms with Gasteiger partial charge in [-0.05, 0) is 20.8 Å². The zero-order chi connectivity index (χ0) is 12.3. The van der Waals surface area contributed by atoms with Crippen molar-refractivity contribution in [1.82, 2.24) is 15.3 Å². The molecule has 1 aliphatic rings. The third-order valence-corrected chi connectivity index (χ3v) is 3.57. The Morgan fingerprint density at radius 1 is 1.59 bits per heavy atom. The standard InChI is InChI=1S/C12H21N3OS/c1-12(2,3)14-7-9-6-13-11(15-9)10-8-17-5-4-16-10/h6,10,14H,4-5,7-8H2,1-3H3,(H,13,15). The summed E-state index contributed by atoms with van der Waals surface area (Å²) in [5.41, 5.74) is 1.25. The second kappa shape index (κ2) is 5.42. The van der Waals surface area contributed by atoms with Crippen LogP contribution in [0.15, 0.2) is 6.20 Å². The number of nitrogens with zero attached hydrogens (tertiary/aromatic N) is 1. The van der Waals surface area contributed by atoms with Crippen LogP contribution in [0.4, 0.5) is 0 Å². The molecule has 0 radical (unpaired) electrons. The van der Waals surface area contributed by atoms with Gasteiger partial charge in [-0.15, -0.1) is 0 Å². The van der Waals surface area contributed by atoms with Crippen molar-refractivity contribution in [3.05, 3.63) is 17.7 Å². The molecule has 0 aromatic carbocycles. The Morgan fingerprint density at radius 3 is 3.06 bits per heavy atom. The fraction of sp³-hybridized carbons (Fsp3) is 0.750. The number of hydrogen-bond donors (Lipinski definition) is 2. The summed E-state index contributed by atoms with van der Waals surface area (Å²) in [5, 5.41) is 3.44. The first-order valence-corrected chi connectivity index (χ1v) is 7.18. The van der Waals surface area contributed by atoms with Gasteiger partial charge in [-0.1, -0.05) is 0 Å². The number of ether oxygens (including phenoxy) is 1. The van der Waals surface area contributed by atoms with Crippen molar-refractivity contribution >= 4 is 11.8 Å². The van der Waals surface area contributed by atoms with Gasteiger partial charge in [0.1, 0.15) is 11.9 Å². The smallest absolute Gasteiger partial charge is 0.136 e. The summed E-state index contributed by atoms with van der Waals surface area (Å²) in [5.74, 6) is 3.05. The molecule has 5 heteroatoms. The van der Waals surface area contributed by atoms with Crippen LogP contribution in [0, 0.1) is 0 Å². The number of aromatic nitrogens is 2. The van der Waals surface area contributed by atoms with Gasteiger partial charge in [0.15, 0.2) is 0 Å². The quantitative estimate of drug-likeness (QED) is 0.868. The summed E-state index contributed by atoms with van der Waals surface area (Å²) < 4.78 is 5.69. The number of H-pyrrole nitrogens is 1. The largest absolute Gasteiger partial charge is 0.369 e. The molecular formula is C12H21N3OS. The van der Waals surface area contributed by atoms with E-state index in [0.717, 1.165) is 36.2 Å². The maximum Gasteiger partial charge on any atom is 0.136 e. The first kappa shape index (κ1) is 12.9. The molecule has 0 spiro atoms. The minimum Gasteiger partial charge on any atom is -0.369 e. The van der Waals surface area contributed by atoms with Crippen LogP contribution >= 0.6 is 11.8 Å². The fourth-order valence-corrected chi connectivity index (χ4v) is 2.48. The predicted octanol–water partition coefficient (Wildman–Crippen LogP) is 2.10. The molecule has 1 unspecified atom stereocenters. The van der Waals surface area contributed by atoms with E-state index in [1.807, 2.05) is 18.0 Å². The molecule has 1 saturated heterocycles. The lowest BCUT2D eigenvalue weighted by Crippen LogP contribution is -2.35. The Bertz CT molecular complexity index is 353. The molecule has 2 rings (SSSR count). The van der Waals surface area contributed by atoms with Crippen LogP contribution in [-0.4, -0.2) is 33.6 Å². The van der Waals surface area contributed by atoms with Crippen LogP contribution in [0.5, 0.6) is 0 Å². The fourth-order valence-electron chi connectivity index (χ4n) is 1.64. The first-order chi connectivity index (χ1) is 8.04. The predicted molar refractivity (Wildman–Crippen MR) is 71.2 cm³/mol. The third-order valence-electron chi connectivity index (χ3n) is 2.58. The number of imidazole rings is 1. The van der Waals surface area contributed by atoms with Gasteiger partial charge in [0.2, 0.25) is 0 Å². The van der Waals surface area contributed by atoms with Crippen LogP contribution < -0.4 is 5.32 Å². The summed E-state index contributed by atoms with van der Waals surface area (Å²) in [7, 11) is 0. The molecular weight excluding hydrogens is 234 g/mol. The molecule has 2 N–H and O–H groups in total. The molecule has 0 aliphatic carbocycles. The zero-order valence-corrected chi connectivity index (χ0v) is 11.6. The average Bonchev–Trinajstić information content (AvgIpc) is 2.75. The molecule has 1 aromatic rings. The van der Waals surface area contributed by atoms with E-state index >= 15 is 0 Å². The van der Waals surface area contributed by atoms with Gasteiger partial charge < -0.3 is 15.0 Å². The van der Waals surface area contributed by atoms with Crippen LogP contribution in [-0.2, 0) is 11.3 Å². The van der Waals surface area contributed by atoms with Crippen molar-refractivity contribution in [3.8, 4) is 0 Å². The van der Waals surface area contributed by atoms with Crippen LogP contribution in [0.3, 0.4) is 0 Å². The lowest BCUT2D eigenvalue weighted by molar-refractivity contribution is 0.0699. The van der Waals surface area contributed by atoms with Gasteiger partial charge in [-0.25, -0.2) is 4.98 Å². The summed E-state index contributed by atoms with van der Waals surface area (Å²) in [6.45, 7) is 8.11. The van der Waals surface area contributed by atoms with Gasteiger partial charge in [0.25, 0.3) is 0 Å². The monoisotopic (exact) mass is 255 g/mol. The van der Waals surface area contributed by atoms with Gasteiger partial charge >= 0.3 is 0 Å². The Balaban J connectivity index is 1.91. The van der Waals surface area contributed by atoms with E-state index in [9.17, 15) is 0 Å². The maximum atomic E-state index is 5.69. The summed E-state index contributed by atoms with van der Waals surface area (Å²) >= 11 is 1.92. The lowest BCUT2D eigenvalue weighted by Gasteiger charge is -2.21. The average molecular weight is 255 g/mol. The van der Waals surface area contributed by atoms with Crippen molar-refractivity contribution in [3.63, 3.8) is 0 Å². The van der Waals surface area contributed by atoms with E-state index in [1.165, 1.54) is 0 Å². The molecule has 1 atom stereocenters. The van der Waals surface area contributed by atoms with E-state index in [2.05, 4.69) is 36.1 Å². The van der Waals surface area contributed by atoms with Crippen LogP contribution in [0.2, 0.25) is 0 Å². The van der Waals surface area contributed by atoms with Crippen molar-refractivity contribution in [2.24, 2.45) is 0 Å². The Morgan fingerprint density at radius 2 is 2.41 bits per heavy atom. The Labute approximate surface area is 107 Å². The van der Waals surface area contributed by atoms with Gasteiger partial charge in [-0.3, -0.25) is 0 Å². The topological polar surface area (TPSA) is 49.9 Å². The molecule has 1 fully saturated rings.